The first-order valence-electron chi connectivity index (χ1n) is 6.41. The van der Waals surface area contributed by atoms with Crippen molar-refractivity contribution in [2.45, 2.75) is 58.6 Å². The van der Waals surface area contributed by atoms with Crippen LogP contribution in [0.4, 0.5) is 0 Å². The molecule has 17 heavy (non-hydrogen) atoms. The molecule has 0 fully saturated rings. The van der Waals surface area contributed by atoms with Crippen LogP contribution in [0.5, 0.6) is 0 Å². The second-order valence-corrected chi connectivity index (χ2v) is 6.03. The third-order valence-corrected chi connectivity index (χ3v) is 4.76. The Kier molecular flexibility index (Phi) is 8.17. The lowest BCUT2D eigenvalue weighted by molar-refractivity contribution is -0.138. The fourth-order valence-electron chi connectivity index (χ4n) is 1.26. The third kappa shape index (κ3) is 7.34. The molecule has 0 aromatic carbocycles. The number of carbonyl (C=O) groups excluding carboxylic acids is 1. The van der Waals surface area contributed by atoms with Gasteiger partial charge in [0.1, 0.15) is 0 Å². The fourth-order valence-corrected chi connectivity index (χ4v) is 2.72. The third-order valence-electron chi connectivity index (χ3n) is 3.07. The molecule has 0 rings (SSSR count). The molecule has 0 aromatic rings. The second-order valence-electron chi connectivity index (χ2n) is 4.63. The summed E-state index contributed by atoms with van der Waals surface area (Å²) in [5.74, 6) is -0.292. The van der Waals surface area contributed by atoms with Gasteiger partial charge in [0.2, 0.25) is 0 Å². The van der Waals surface area contributed by atoms with Gasteiger partial charge in [-0.2, -0.15) is 0 Å². The number of ether oxygens (including phenoxy) is 1. The molecular formula is C13H26O3Si. The van der Waals surface area contributed by atoms with Gasteiger partial charge in [-0.15, -0.1) is 0 Å². The number of esters is 1. The number of hydrogen-bond donors (Lipinski definition) is 0. The first-order valence-corrected chi connectivity index (χ1v) is 7.99. The molecule has 0 amide bonds. The Morgan fingerprint density at radius 1 is 1.35 bits per heavy atom. The van der Waals surface area contributed by atoms with Gasteiger partial charge in [0.15, 0.2) is 9.76 Å². The molecule has 0 aliphatic carbocycles. The largest absolute Gasteiger partial charge is 0.462 e. The van der Waals surface area contributed by atoms with E-state index in [4.69, 9.17) is 9.16 Å². The molecule has 100 valence electrons. The van der Waals surface area contributed by atoms with E-state index in [1.54, 1.807) is 6.92 Å². The molecule has 4 heteroatoms. The molecule has 0 spiro atoms. The monoisotopic (exact) mass is 258 g/mol. The molecule has 0 aliphatic rings. The zero-order valence-electron chi connectivity index (χ0n) is 11.7. The summed E-state index contributed by atoms with van der Waals surface area (Å²) < 4.78 is 11.0. The highest BCUT2D eigenvalue weighted by atomic mass is 28.2. The molecule has 0 bridgehead atoms. The minimum absolute atomic E-state index is 0.0562. The number of rotatable bonds is 9. The predicted molar refractivity (Wildman–Crippen MR) is 73.8 cm³/mol. The van der Waals surface area contributed by atoms with Crippen molar-refractivity contribution in [3.63, 3.8) is 0 Å². The van der Waals surface area contributed by atoms with Gasteiger partial charge in [0.05, 0.1) is 12.2 Å². The van der Waals surface area contributed by atoms with Crippen molar-refractivity contribution in [1.29, 1.82) is 0 Å². The minimum Gasteiger partial charge on any atom is -0.462 e. The van der Waals surface area contributed by atoms with Crippen LogP contribution in [0, 0.1) is 0 Å². The summed E-state index contributed by atoms with van der Waals surface area (Å²) >= 11 is 0. The number of hydrogen-bond acceptors (Lipinski definition) is 3. The van der Waals surface area contributed by atoms with E-state index in [-0.39, 0.29) is 11.6 Å². The van der Waals surface area contributed by atoms with Crippen LogP contribution in [0.1, 0.15) is 47.0 Å². The van der Waals surface area contributed by atoms with Gasteiger partial charge in [-0.3, -0.25) is 0 Å². The van der Waals surface area contributed by atoms with Crippen LogP contribution in [0.3, 0.4) is 0 Å². The van der Waals surface area contributed by atoms with E-state index < -0.39 is 9.76 Å². The molecule has 0 unspecified atom stereocenters. The van der Waals surface area contributed by atoms with Crippen molar-refractivity contribution < 1.29 is 14.0 Å². The Balaban J connectivity index is 3.53. The molecular weight excluding hydrogens is 232 g/mol. The fraction of sp³-hybridized carbons (Fsp3) is 0.769. The smallest absolute Gasteiger partial charge is 0.333 e. The normalized spacial score (nSPS) is 12.0. The Hall–Kier alpha value is -0.613. The Bertz CT molecular complexity index is 247. The van der Waals surface area contributed by atoms with E-state index in [0.29, 0.717) is 12.2 Å². The van der Waals surface area contributed by atoms with Gasteiger partial charge in [0.25, 0.3) is 0 Å². The van der Waals surface area contributed by atoms with Crippen LogP contribution in [0.15, 0.2) is 12.2 Å². The van der Waals surface area contributed by atoms with Crippen molar-refractivity contribution in [3.05, 3.63) is 12.2 Å². The van der Waals surface area contributed by atoms with E-state index in [9.17, 15) is 4.79 Å². The van der Waals surface area contributed by atoms with E-state index in [1.165, 1.54) is 0 Å². The van der Waals surface area contributed by atoms with Crippen LogP contribution in [0.25, 0.3) is 0 Å². The minimum atomic E-state index is -0.493. The Morgan fingerprint density at radius 3 is 2.41 bits per heavy atom. The molecule has 0 heterocycles. The maximum absolute atomic E-state index is 11.1. The first kappa shape index (κ1) is 16.4. The lowest BCUT2D eigenvalue weighted by Crippen LogP contribution is -2.28. The molecule has 0 aromatic heterocycles. The van der Waals surface area contributed by atoms with Gasteiger partial charge in [-0.05, 0) is 39.2 Å². The van der Waals surface area contributed by atoms with Gasteiger partial charge in [0, 0.05) is 5.57 Å². The highest BCUT2D eigenvalue weighted by Crippen LogP contribution is 2.18. The number of carbonyl (C=O) groups is 1. The first-order chi connectivity index (χ1) is 7.95. The molecule has 0 aliphatic heterocycles. The molecule has 0 radical (unpaired) electrons. The summed E-state index contributed by atoms with van der Waals surface area (Å²) in [6.07, 6.45) is 3.01. The summed E-state index contributed by atoms with van der Waals surface area (Å²) in [7, 11) is -0.493. The average molecular weight is 258 g/mol. The van der Waals surface area contributed by atoms with Gasteiger partial charge in [-0.1, -0.05) is 20.4 Å². The maximum atomic E-state index is 11.1. The van der Waals surface area contributed by atoms with E-state index in [0.717, 1.165) is 25.3 Å². The summed E-state index contributed by atoms with van der Waals surface area (Å²) in [5.41, 5.74) is 0.517. The van der Waals surface area contributed by atoms with E-state index >= 15 is 0 Å². The molecule has 3 nitrogen and oxygen atoms in total. The molecule has 0 atom stereocenters. The highest BCUT2D eigenvalue weighted by molar-refractivity contribution is 6.27. The van der Waals surface area contributed by atoms with Crippen molar-refractivity contribution in [2.75, 3.05) is 6.61 Å². The topological polar surface area (TPSA) is 35.5 Å². The van der Waals surface area contributed by atoms with Crippen molar-refractivity contribution in [1.82, 2.24) is 0 Å². The van der Waals surface area contributed by atoms with Crippen molar-refractivity contribution in [3.8, 4) is 0 Å². The molecule has 0 N–H and O–H groups in total. The lowest BCUT2D eigenvalue weighted by Gasteiger charge is -2.27. The van der Waals surface area contributed by atoms with Gasteiger partial charge < -0.3 is 9.16 Å². The summed E-state index contributed by atoms with van der Waals surface area (Å²) in [4.78, 5) is 11.1. The second kappa shape index (κ2) is 8.47. The quantitative estimate of drug-likeness (QED) is 0.276. The van der Waals surface area contributed by atoms with Crippen LogP contribution >= 0.6 is 0 Å². The van der Waals surface area contributed by atoms with Crippen LogP contribution in [-0.4, -0.2) is 27.9 Å². The van der Waals surface area contributed by atoms with Crippen LogP contribution in [0.2, 0.25) is 6.04 Å². The zero-order valence-corrected chi connectivity index (χ0v) is 13.1. The van der Waals surface area contributed by atoms with Gasteiger partial charge >= 0.3 is 5.97 Å². The molecule has 0 saturated carbocycles. The maximum Gasteiger partial charge on any atom is 0.333 e. The Morgan fingerprint density at radius 2 is 1.94 bits per heavy atom. The zero-order chi connectivity index (χ0) is 13.3. The van der Waals surface area contributed by atoms with Crippen LogP contribution in [-0.2, 0) is 14.0 Å². The molecule has 0 saturated heterocycles. The van der Waals surface area contributed by atoms with Crippen LogP contribution < -0.4 is 0 Å². The standard InChI is InChI=1S/C13H26O3Si/c1-6-13(5,7-2)16-17-10-8-9-15-12(14)11(3)4/h3,6-10,17H2,1-2,4-5H3. The van der Waals surface area contributed by atoms with Crippen molar-refractivity contribution >= 4 is 15.7 Å². The summed E-state index contributed by atoms with van der Waals surface area (Å²) in [6.45, 7) is 12.2. The lowest BCUT2D eigenvalue weighted by atomic mass is 10.0. The van der Waals surface area contributed by atoms with Crippen molar-refractivity contribution in [2.24, 2.45) is 0 Å². The highest BCUT2D eigenvalue weighted by Gasteiger charge is 2.18. The predicted octanol–water partition coefficient (Wildman–Crippen LogP) is 2.59. The SMILES string of the molecule is C=C(C)C(=O)OCCC[SiH2]OC(C)(CC)CC. The van der Waals surface area contributed by atoms with Gasteiger partial charge in [-0.25, -0.2) is 4.79 Å². The van der Waals surface area contributed by atoms with E-state index in [1.807, 2.05) is 0 Å². The summed E-state index contributed by atoms with van der Waals surface area (Å²) in [6, 6.07) is 1.05. The summed E-state index contributed by atoms with van der Waals surface area (Å²) in [5, 5.41) is 0. The average Bonchev–Trinajstić information content (AvgIpc) is 2.32. The Labute approximate surface area is 108 Å². The van der Waals surface area contributed by atoms with E-state index in [2.05, 4.69) is 27.4 Å².